The summed E-state index contributed by atoms with van der Waals surface area (Å²) in [5, 5.41) is 6.38. The Morgan fingerprint density at radius 3 is 2.58 bits per heavy atom. The van der Waals surface area contributed by atoms with Gasteiger partial charge in [0.05, 0.1) is 6.04 Å². The van der Waals surface area contributed by atoms with E-state index in [2.05, 4.69) is 15.5 Å². The molecular weight excluding hydrogens is 350 g/mol. The van der Waals surface area contributed by atoms with E-state index < -0.39 is 0 Å². The van der Waals surface area contributed by atoms with Crippen LogP contribution in [-0.4, -0.2) is 35.8 Å². The Morgan fingerprint density at radius 1 is 1.04 bits per heavy atom. The van der Waals surface area contributed by atoms with Gasteiger partial charge in [0.15, 0.2) is 0 Å². The highest BCUT2D eigenvalue weighted by molar-refractivity contribution is 6.30. The van der Waals surface area contributed by atoms with Crippen molar-refractivity contribution in [2.75, 3.05) is 23.7 Å². The average Bonchev–Trinajstić information content (AvgIpc) is 3.09. The van der Waals surface area contributed by atoms with E-state index in [1.165, 1.54) is 0 Å². The number of likely N-dealkylation sites (tertiary alicyclic amines) is 1. The zero-order chi connectivity index (χ0) is 18.4. The van der Waals surface area contributed by atoms with Gasteiger partial charge in [-0.3, -0.25) is 14.5 Å². The van der Waals surface area contributed by atoms with Crippen LogP contribution in [0.4, 0.5) is 11.4 Å². The molecule has 0 aliphatic carbocycles. The lowest BCUT2D eigenvalue weighted by atomic mass is 10.2. The minimum atomic E-state index is -0.186. The van der Waals surface area contributed by atoms with Crippen LogP contribution in [0, 0.1) is 0 Å². The molecule has 1 unspecified atom stereocenters. The average molecular weight is 372 g/mol. The van der Waals surface area contributed by atoms with Crippen molar-refractivity contribution in [3.8, 4) is 0 Å². The Bertz CT molecular complexity index is 767. The summed E-state index contributed by atoms with van der Waals surface area (Å²) in [6.07, 6.45) is 2.11. The molecule has 2 amide bonds. The minimum absolute atomic E-state index is 0.0102. The molecule has 0 aromatic heterocycles. The first-order valence-electron chi connectivity index (χ1n) is 8.77. The summed E-state index contributed by atoms with van der Waals surface area (Å²) < 4.78 is 0. The second-order valence-electron chi connectivity index (χ2n) is 6.36. The predicted molar refractivity (Wildman–Crippen MR) is 104 cm³/mol. The van der Waals surface area contributed by atoms with Crippen LogP contribution in [0.25, 0.3) is 0 Å². The summed E-state index contributed by atoms with van der Waals surface area (Å²) in [6, 6.07) is 16.3. The molecular formula is C20H22ClN3O2. The number of benzene rings is 2. The lowest BCUT2D eigenvalue weighted by Gasteiger charge is -2.23. The first-order valence-corrected chi connectivity index (χ1v) is 9.15. The highest BCUT2D eigenvalue weighted by atomic mass is 35.5. The molecule has 0 saturated carbocycles. The third-order valence-electron chi connectivity index (χ3n) is 4.44. The fourth-order valence-electron chi connectivity index (χ4n) is 3.17. The van der Waals surface area contributed by atoms with E-state index >= 15 is 0 Å². The van der Waals surface area contributed by atoms with E-state index in [4.69, 9.17) is 11.6 Å². The van der Waals surface area contributed by atoms with Crippen molar-refractivity contribution < 1.29 is 9.59 Å². The summed E-state index contributed by atoms with van der Waals surface area (Å²) >= 11 is 5.93. The van der Waals surface area contributed by atoms with Gasteiger partial charge in [0.25, 0.3) is 0 Å². The minimum Gasteiger partial charge on any atom is -0.326 e. The Morgan fingerprint density at radius 2 is 1.81 bits per heavy atom. The maximum absolute atomic E-state index is 12.5. The Labute approximate surface area is 158 Å². The van der Waals surface area contributed by atoms with Gasteiger partial charge in [0.1, 0.15) is 0 Å². The van der Waals surface area contributed by atoms with E-state index in [9.17, 15) is 9.59 Å². The highest BCUT2D eigenvalue weighted by Gasteiger charge is 2.30. The number of anilines is 2. The molecule has 26 heavy (non-hydrogen) atoms. The molecule has 0 bridgehead atoms. The largest absolute Gasteiger partial charge is 0.326 e. The van der Waals surface area contributed by atoms with Crippen molar-refractivity contribution >= 4 is 34.8 Å². The quantitative estimate of drug-likeness (QED) is 0.812. The van der Waals surface area contributed by atoms with Gasteiger partial charge in [-0.15, -0.1) is 0 Å². The first-order chi connectivity index (χ1) is 12.6. The molecule has 136 valence electrons. The fourth-order valence-corrected chi connectivity index (χ4v) is 3.36. The topological polar surface area (TPSA) is 61.4 Å². The maximum Gasteiger partial charge on any atom is 0.241 e. The van der Waals surface area contributed by atoms with Crippen LogP contribution < -0.4 is 10.6 Å². The summed E-state index contributed by atoms with van der Waals surface area (Å²) in [5.74, 6) is -0.0923. The number of para-hydroxylation sites is 1. The molecule has 6 heteroatoms. The van der Waals surface area contributed by atoms with E-state index in [0.29, 0.717) is 23.7 Å². The number of carbonyl (C=O) groups is 2. The number of nitrogens with one attached hydrogen (secondary N) is 2. The lowest BCUT2D eigenvalue weighted by Crippen LogP contribution is -2.40. The molecule has 3 rings (SSSR count). The van der Waals surface area contributed by atoms with E-state index in [-0.39, 0.29) is 17.9 Å². The van der Waals surface area contributed by atoms with Gasteiger partial charge >= 0.3 is 0 Å². The molecule has 1 aliphatic heterocycles. The molecule has 2 N–H and O–H groups in total. The van der Waals surface area contributed by atoms with Crippen molar-refractivity contribution in [1.29, 1.82) is 0 Å². The second kappa shape index (κ2) is 8.83. The standard InChI is InChI=1S/C20H22ClN3O2/c21-15-6-4-9-17(14-15)22-19(25)11-13-24-12-5-10-18(24)20(26)23-16-7-2-1-3-8-16/h1-4,6-9,14,18H,5,10-13H2,(H,22,25)(H,23,26). The molecule has 1 heterocycles. The maximum atomic E-state index is 12.5. The number of hydrogen-bond donors (Lipinski definition) is 2. The third kappa shape index (κ3) is 5.07. The number of carbonyl (C=O) groups excluding carboxylic acids is 2. The summed E-state index contributed by atoms with van der Waals surface area (Å²) in [4.78, 5) is 26.8. The molecule has 0 radical (unpaired) electrons. The van der Waals surface area contributed by atoms with Gasteiger partial charge in [0.2, 0.25) is 11.8 Å². The van der Waals surface area contributed by atoms with Crippen molar-refractivity contribution in [2.45, 2.75) is 25.3 Å². The van der Waals surface area contributed by atoms with Crippen LogP contribution >= 0.6 is 11.6 Å². The summed E-state index contributed by atoms with van der Waals surface area (Å²) in [7, 11) is 0. The van der Waals surface area contributed by atoms with Gasteiger partial charge in [-0.2, -0.15) is 0 Å². The number of amides is 2. The van der Waals surface area contributed by atoms with Crippen LogP contribution in [0.1, 0.15) is 19.3 Å². The summed E-state index contributed by atoms with van der Waals surface area (Å²) in [5.41, 5.74) is 1.48. The number of nitrogens with zero attached hydrogens (tertiary/aromatic N) is 1. The fraction of sp³-hybridized carbons (Fsp3) is 0.300. The van der Waals surface area contributed by atoms with Gasteiger partial charge in [-0.05, 0) is 49.7 Å². The number of halogens is 1. The molecule has 0 spiro atoms. The normalized spacial score (nSPS) is 17.0. The SMILES string of the molecule is O=C(CCN1CCCC1C(=O)Nc1ccccc1)Nc1cccc(Cl)c1. The molecule has 2 aromatic carbocycles. The molecule has 1 fully saturated rings. The molecule has 1 saturated heterocycles. The van der Waals surface area contributed by atoms with Crippen LogP contribution in [0.2, 0.25) is 5.02 Å². The van der Waals surface area contributed by atoms with Gasteiger partial charge in [-0.1, -0.05) is 35.9 Å². The van der Waals surface area contributed by atoms with E-state index in [1.54, 1.807) is 24.3 Å². The monoisotopic (exact) mass is 371 g/mol. The van der Waals surface area contributed by atoms with Gasteiger partial charge in [-0.25, -0.2) is 0 Å². The van der Waals surface area contributed by atoms with Crippen LogP contribution in [0.3, 0.4) is 0 Å². The van der Waals surface area contributed by atoms with Crippen molar-refractivity contribution in [3.05, 3.63) is 59.6 Å². The Balaban J connectivity index is 1.50. The lowest BCUT2D eigenvalue weighted by molar-refractivity contribution is -0.121. The molecule has 2 aromatic rings. The van der Waals surface area contributed by atoms with Crippen molar-refractivity contribution in [1.82, 2.24) is 4.90 Å². The zero-order valence-corrected chi connectivity index (χ0v) is 15.2. The molecule has 1 aliphatic rings. The predicted octanol–water partition coefficient (Wildman–Crippen LogP) is 3.77. The molecule has 1 atom stereocenters. The van der Waals surface area contributed by atoms with E-state index in [1.807, 2.05) is 30.3 Å². The van der Waals surface area contributed by atoms with Crippen LogP contribution in [0.5, 0.6) is 0 Å². The van der Waals surface area contributed by atoms with Crippen LogP contribution in [0.15, 0.2) is 54.6 Å². The van der Waals surface area contributed by atoms with Crippen molar-refractivity contribution in [2.24, 2.45) is 0 Å². The smallest absolute Gasteiger partial charge is 0.241 e. The number of rotatable bonds is 6. The van der Waals surface area contributed by atoms with Crippen LogP contribution in [-0.2, 0) is 9.59 Å². The molecule has 5 nitrogen and oxygen atoms in total. The first kappa shape index (κ1) is 18.4. The summed E-state index contributed by atoms with van der Waals surface area (Å²) in [6.45, 7) is 1.39. The van der Waals surface area contributed by atoms with E-state index in [0.717, 1.165) is 25.1 Å². The van der Waals surface area contributed by atoms with Crippen molar-refractivity contribution in [3.63, 3.8) is 0 Å². The van der Waals surface area contributed by atoms with Gasteiger partial charge < -0.3 is 10.6 Å². The Kier molecular flexibility index (Phi) is 6.26. The van der Waals surface area contributed by atoms with Gasteiger partial charge in [0, 0.05) is 29.4 Å². The highest BCUT2D eigenvalue weighted by Crippen LogP contribution is 2.20. The third-order valence-corrected chi connectivity index (χ3v) is 4.68. The number of hydrogen-bond acceptors (Lipinski definition) is 3. The zero-order valence-electron chi connectivity index (χ0n) is 14.5. The Hall–Kier alpha value is -2.37. The second-order valence-corrected chi connectivity index (χ2v) is 6.79.